The minimum Gasteiger partial charge on any atom is -0.508 e. The van der Waals surface area contributed by atoms with Gasteiger partial charge >= 0.3 is 5.97 Å². The molecule has 0 saturated heterocycles. The van der Waals surface area contributed by atoms with E-state index in [1.165, 1.54) is 0 Å². The van der Waals surface area contributed by atoms with E-state index in [1.807, 2.05) is 0 Å². The molecule has 3 heteroatoms. The van der Waals surface area contributed by atoms with Crippen LogP contribution in [0, 0.1) is 0 Å². The van der Waals surface area contributed by atoms with Crippen LogP contribution in [0.2, 0.25) is 0 Å². The molecule has 1 aromatic carbocycles. The van der Waals surface area contributed by atoms with Crippen molar-refractivity contribution in [2.45, 2.75) is 6.42 Å². The first-order valence-electron chi connectivity index (χ1n) is 4.46. The molecule has 0 bridgehead atoms. The van der Waals surface area contributed by atoms with Gasteiger partial charge in [0.1, 0.15) is 5.75 Å². The van der Waals surface area contributed by atoms with Gasteiger partial charge in [-0.2, -0.15) is 0 Å². The lowest BCUT2D eigenvalue weighted by Gasteiger charge is -1.95. The van der Waals surface area contributed by atoms with Crippen LogP contribution < -0.4 is 0 Å². The average molecular weight is 204 g/mol. The molecule has 0 amide bonds. The van der Waals surface area contributed by atoms with Crippen LogP contribution in [0.5, 0.6) is 5.75 Å². The third-order valence-electron chi connectivity index (χ3n) is 1.87. The van der Waals surface area contributed by atoms with Crippen molar-refractivity contribution in [3.05, 3.63) is 48.1 Å². The average Bonchev–Trinajstić information content (AvgIpc) is 2.20. The highest BCUT2D eigenvalue weighted by Crippen LogP contribution is 2.11. The van der Waals surface area contributed by atoms with Crippen LogP contribution in [0.25, 0.3) is 6.08 Å². The summed E-state index contributed by atoms with van der Waals surface area (Å²) >= 11 is 0. The summed E-state index contributed by atoms with van der Waals surface area (Å²) < 4.78 is 0. The molecule has 0 unspecified atom stereocenters. The second-order valence-corrected chi connectivity index (χ2v) is 3.11. The van der Waals surface area contributed by atoms with Crippen molar-refractivity contribution in [3.8, 4) is 5.75 Å². The van der Waals surface area contributed by atoms with E-state index in [-0.39, 0.29) is 11.3 Å². The number of benzene rings is 1. The van der Waals surface area contributed by atoms with Crippen molar-refractivity contribution >= 4 is 12.0 Å². The summed E-state index contributed by atoms with van der Waals surface area (Å²) in [6.45, 7) is 3.41. The van der Waals surface area contributed by atoms with Crippen LogP contribution in [-0.4, -0.2) is 16.2 Å². The highest BCUT2D eigenvalue weighted by Gasteiger charge is 1.99. The van der Waals surface area contributed by atoms with Crippen molar-refractivity contribution in [1.82, 2.24) is 0 Å². The molecule has 0 fully saturated rings. The maximum Gasteiger partial charge on any atom is 0.331 e. The van der Waals surface area contributed by atoms with Gasteiger partial charge in [0, 0.05) is 5.57 Å². The van der Waals surface area contributed by atoms with Crippen LogP contribution in [0.3, 0.4) is 0 Å². The van der Waals surface area contributed by atoms with Gasteiger partial charge in [0.15, 0.2) is 0 Å². The summed E-state index contributed by atoms with van der Waals surface area (Å²) in [6.07, 6.45) is 3.83. The molecular formula is C12H12O3. The highest BCUT2D eigenvalue weighted by molar-refractivity contribution is 5.86. The largest absolute Gasteiger partial charge is 0.508 e. The van der Waals surface area contributed by atoms with Crippen molar-refractivity contribution in [2.75, 3.05) is 0 Å². The smallest absolute Gasteiger partial charge is 0.331 e. The number of carbonyl (C=O) groups is 1. The Morgan fingerprint density at radius 3 is 2.47 bits per heavy atom. The molecule has 1 aromatic rings. The van der Waals surface area contributed by atoms with Crippen LogP contribution in [-0.2, 0) is 4.79 Å². The van der Waals surface area contributed by atoms with E-state index in [1.54, 1.807) is 36.4 Å². The minimum atomic E-state index is -0.981. The van der Waals surface area contributed by atoms with E-state index in [4.69, 9.17) is 10.2 Å². The number of phenolic OH excluding ortho intramolecular Hbond substituents is 1. The van der Waals surface area contributed by atoms with Crippen LogP contribution in [0.15, 0.2) is 42.5 Å². The summed E-state index contributed by atoms with van der Waals surface area (Å²) in [5, 5.41) is 17.6. The van der Waals surface area contributed by atoms with Gasteiger partial charge in [-0.15, -0.1) is 0 Å². The van der Waals surface area contributed by atoms with Gasteiger partial charge in [0.25, 0.3) is 0 Å². The van der Waals surface area contributed by atoms with Gasteiger partial charge in [-0.3, -0.25) is 0 Å². The van der Waals surface area contributed by atoms with Crippen LogP contribution in [0.4, 0.5) is 0 Å². The Morgan fingerprint density at radius 2 is 1.93 bits per heavy atom. The molecule has 0 radical (unpaired) electrons. The summed E-state index contributed by atoms with van der Waals surface area (Å²) in [7, 11) is 0. The zero-order valence-corrected chi connectivity index (χ0v) is 8.18. The number of aromatic hydroxyl groups is 1. The van der Waals surface area contributed by atoms with E-state index in [0.717, 1.165) is 5.56 Å². The molecule has 2 N–H and O–H groups in total. The zero-order chi connectivity index (χ0) is 11.3. The predicted octanol–water partition coefficient (Wildman–Crippen LogP) is 2.44. The number of allylic oxidation sites excluding steroid dienone is 1. The molecule has 0 aliphatic rings. The maximum absolute atomic E-state index is 10.4. The Kier molecular flexibility index (Phi) is 3.68. The quantitative estimate of drug-likeness (QED) is 0.740. The van der Waals surface area contributed by atoms with Crippen molar-refractivity contribution in [2.24, 2.45) is 0 Å². The van der Waals surface area contributed by atoms with E-state index in [9.17, 15) is 4.79 Å². The first-order valence-corrected chi connectivity index (χ1v) is 4.46. The maximum atomic E-state index is 10.4. The van der Waals surface area contributed by atoms with Crippen molar-refractivity contribution < 1.29 is 15.0 Å². The summed E-state index contributed by atoms with van der Waals surface area (Å²) in [5.41, 5.74) is 1.07. The predicted molar refractivity (Wildman–Crippen MR) is 58.5 cm³/mol. The second kappa shape index (κ2) is 5.00. The third-order valence-corrected chi connectivity index (χ3v) is 1.87. The number of hydrogen-bond acceptors (Lipinski definition) is 2. The van der Waals surface area contributed by atoms with Gasteiger partial charge in [-0.1, -0.05) is 30.9 Å². The topological polar surface area (TPSA) is 57.5 Å². The number of rotatable bonds is 4. The molecule has 0 heterocycles. The SMILES string of the molecule is C=C(CC=Cc1ccc(O)cc1)C(=O)O. The Morgan fingerprint density at radius 1 is 1.33 bits per heavy atom. The van der Waals surface area contributed by atoms with Gasteiger partial charge in [-0.25, -0.2) is 4.79 Å². The van der Waals surface area contributed by atoms with Crippen LogP contribution in [0.1, 0.15) is 12.0 Å². The number of phenols is 1. The molecule has 0 aromatic heterocycles. The third kappa shape index (κ3) is 3.68. The normalized spacial score (nSPS) is 10.4. The Balaban J connectivity index is 2.55. The van der Waals surface area contributed by atoms with Gasteiger partial charge in [0.05, 0.1) is 0 Å². The van der Waals surface area contributed by atoms with Gasteiger partial charge in [-0.05, 0) is 24.1 Å². The standard InChI is InChI=1S/C12H12O3/c1-9(12(14)15)3-2-4-10-5-7-11(13)8-6-10/h2,4-8,13H,1,3H2,(H,14,15). The van der Waals surface area contributed by atoms with E-state index >= 15 is 0 Å². The lowest BCUT2D eigenvalue weighted by atomic mass is 10.1. The molecule has 0 aliphatic heterocycles. The molecule has 0 aliphatic carbocycles. The lowest BCUT2D eigenvalue weighted by molar-refractivity contribution is -0.132. The Labute approximate surface area is 88.0 Å². The van der Waals surface area contributed by atoms with E-state index in [2.05, 4.69) is 6.58 Å². The molecular weight excluding hydrogens is 192 g/mol. The first kappa shape index (κ1) is 11.0. The van der Waals surface area contributed by atoms with Crippen molar-refractivity contribution in [3.63, 3.8) is 0 Å². The molecule has 0 saturated carbocycles. The van der Waals surface area contributed by atoms with E-state index in [0.29, 0.717) is 6.42 Å². The Hall–Kier alpha value is -2.03. The molecule has 1 rings (SSSR count). The van der Waals surface area contributed by atoms with Crippen LogP contribution >= 0.6 is 0 Å². The number of carboxylic acids is 1. The van der Waals surface area contributed by atoms with Crippen molar-refractivity contribution in [1.29, 1.82) is 0 Å². The number of aliphatic carboxylic acids is 1. The Bertz CT molecular complexity index is 388. The zero-order valence-electron chi connectivity index (χ0n) is 8.18. The fourth-order valence-corrected chi connectivity index (χ4v) is 1.01. The lowest BCUT2D eigenvalue weighted by Crippen LogP contribution is -1.96. The molecule has 15 heavy (non-hydrogen) atoms. The number of hydrogen-bond donors (Lipinski definition) is 2. The second-order valence-electron chi connectivity index (χ2n) is 3.11. The first-order chi connectivity index (χ1) is 7.09. The fraction of sp³-hybridized carbons (Fsp3) is 0.0833. The summed E-state index contributed by atoms with van der Waals surface area (Å²) in [5.74, 6) is -0.771. The van der Waals surface area contributed by atoms with E-state index < -0.39 is 5.97 Å². The summed E-state index contributed by atoms with van der Waals surface area (Å²) in [6, 6.07) is 6.64. The minimum absolute atomic E-state index is 0.157. The van der Waals surface area contributed by atoms with Gasteiger partial charge < -0.3 is 10.2 Å². The van der Waals surface area contributed by atoms with Gasteiger partial charge in [0.2, 0.25) is 0 Å². The molecule has 3 nitrogen and oxygen atoms in total. The molecule has 0 spiro atoms. The molecule has 78 valence electrons. The monoisotopic (exact) mass is 204 g/mol. The highest BCUT2D eigenvalue weighted by atomic mass is 16.4. The molecule has 0 atom stereocenters. The fourth-order valence-electron chi connectivity index (χ4n) is 1.01. The summed E-state index contributed by atoms with van der Waals surface area (Å²) in [4.78, 5) is 10.4. The number of carboxylic acid groups (broad SMARTS) is 1.